The lowest BCUT2D eigenvalue weighted by molar-refractivity contribution is 0.104. The van der Waals surface area contributed by atoms with Crippen LogP contribution in [-0.4, -0.2) is 77.4 Å². The summed E-state index contributed by atoms with van der Waals surface area (Å²) in [6.45, 7) is 1.50. The number of carbonyl (C=O) groups is 1. The Morgan fingerprint density at radius 1 is 1.26 bits per heavy atom. The second-order valence-corrected chi connectivity index (χ2v) is 9.19. The number of piperidine rings is 1. The molecule has 2 fully saturated rings. The molecule has 2 amide bonds. The van der Waals surface area contributed by atoms with Gasteiger partial charge in [-0.2, -0.15) is 0 Å². The topological polar surface area (TPSA) is 70.6 Å². The van der Waals surface area contributed by atoms with Crippen molar-refractivity contribution >= 4 is 17.8 Å². The molecule has 4 rings (SSSR count). The van der Waals surface area contributed by atoms with Gasteiger partial charge in [-0.25, -0.2) is 14.8 Å². The van der Waals surface area contributed by atoms with Crippen LogP contribution in [0.25, 0.3) is 0 Å². The van der Waals surface area contributed by atoms with Crippen molar-refractivity contribution < 1.29 is 9.53 Å². The zero-order valence-corrected chi connectivity index (χ0v) is 17.2. The van der Waals surface area contributed by atoms with Crippen molar-refractivity contribution in [2.45, 2.75) is 60.4 Å². The van der Waals surface area contributed by atoms with Crippen LogP contribution < -0.4 is 10.1 Å². The smallest absolute Gasteiger partial charge is 0.317 e. The number of fused-ring (bicyclic) bond motifs is 3. The second-order valence-electron chi connectivity index (χ2n) is 7.96. The molecule has 3 aliphatic rings. The molecule has 8 heteroatoms. The van der Waals surface area contributed by atoms with Gasteiger partial charge in [0.25, 0.3) is 0 Å². The van der Waals surface area contributed by atoms with Crippen LogP contribution in [-0.2, 0) is 0 Å². The predicted molar refractivity (Wildman–Crippen MR) is 105 cm³/mol. The molecule has 1 aromatic rings. The van der Waals surface area contributed by atoms with Gasteiger partial charge in [-0.1, -0.05) is 0 Å². The molecule has 7 nitrogen and oxygen atoms in total. The average Bonchev–Trinajstić information content (AvgIpc) is 3.06. The van der Waals surface area contributed by atoms with Crippen molar-refractivity contribution in [2.24, 2.45) is 0 Å². The standard InChI is InChI=1S/C19H29N5O2S/c1-20-19(25)24-9-8-15-14(10-24)16-17(21-11-22-18(16)27-15)26-13-6-4-12(5-7-13)23(2)3/h11-15H,4-10H2,1-3H3,(H,20,25). The van der Waals surface area contributed by atoms with Crippen molar-refractivity contribution in [3.8, 4) is 5.88 Å². The molecule has 2 aliphatic heterocycles. The first kappa shape index (κ1) is 18.8. The summed E-state index contributed by atoms with van der Waals surface area (Å²) in [4.78, 5) is 25.3. The summed E-state index contributed by atoms with van der Waals surface area (Å²) in [5.74, 6) is 0.998. The number of nitrogens with zero attached hydrogens (tertiary/aromatic N) is 4. The SMILES string of the molecule is CNC(=O)N1CCC2Sc3ncnc(OC4CCC(N(C)C)CC4)c3C2C1. The normalized spacial score (nSPS) is 30.0. The Balaban J connectivity index is 1.49. The highest BCUT2D eigenvalue weighted by Crippen LogP contribution is 2.51. The van der Waals surface area contributed by atoms with Crippen LogP contribution in [0.4, 0.5) is 4.79 Å². The van der Waals surface area contributed by atoms with E-state index in [1.54, 1.807) is 13.4 Å². The van der Waals surface area contributed by atoms with Gasteiger partial charge in [0, 0.05) is 37.3 Å². The molecule has 1 N–H and O–H groups in total. The fourth-order valence-corrected chi connectivity index (χ4v) is 5.91. The molecule has 2 atom stereocenters. The molecule has 0 radical (unpaired) electrons. The highest BCUT2D eigenvalue weighted by molar-refractivity contribution is 8.00. The predicted octanol–water partition coefficient (Wildman–Crippen LogP) is 2.33. The average molecular weight is 392 g/mol. The molecule has 1 aliphatic carbocycles. The van der Waals surface area contributed by atoms with Gasteiger partial charge in [-0.15, -0.1) is 11.8 Å². The maximum absolute atomic E-state index is 12.1. The molecule has 0 bridgehead atoms. The van der Waals surface area contributed by atoms with E-state index in [0.717, 1.165) is 55.1 Å². The van der Waals surface area contributed by atoms with Gasteiger partial charge in [0.05, 0.1) is 5.56 Å². The van der Waals surface area contributed by atoms with Crippen LogP contribution in [0.3, 0.4) is 0 Å². The lowest BCUT2D eigenvalue weighted by atomic mass is 9.91. The zero-order chi connectivity index (χ0) is 19.0. The minimum atomic E-state index is -0.00627. The van der Waals surface area contributed by atoms with Gasteiger partial charge in [-0.3, -0.25) is 0 Å². The Morgan fingerprint density at radius 2 is 2.04 bits per heavy atom. The van der Waals surface area contributed by atoms with Gasteiger partial charge < -0.3 is 19.9 Å². The van der Waals surface area contributed by atoms with Gasteiger partial charge in [-0.05, 0) is 46.2 Å². The molecule has 1 saturated carbocycles. The van der Waals surface area contributed by atoms with Crippen molar-refractivity contribution in [2.75, 3.05) is 34.2 Å². The van der Waals surface area contributed by atoms with Crippen LogP contribution in [0.2, 0.25) is 0 Å². The van der Waals surface area contributed by atoms with E-state index in [1.165, 1.54) is 0 Å². The molecule has 3 heterocycles. The van der Waals surface area contributed by atoms with E-state index in [9.17, 15) is 4.79 Å². The number of nitrogens with one attached hydrogen (secondary N) is 1. The number of rotatable bonds is 3. The van der Waals surface area contributed by atoms with Crippen LogP contribution in [0, 0.1) is 0 Å². The molecule has 1 aromatic heterocycles. The third kappa shape index (κ3) is 3.74. The Bertz CT molecular complexity index is 693. The maximum Gasteiger partial charge on any atom is 0.317 e. The van der Waals surface area contributed by atoms with Crippen molar-refractivity contribution in [3.63, 3.8) is 0 Å². The summed E-state index contributed by atoms with van der Waals surface area (Å²) in [5, 5.41) is 4.25. The summed E-state index contributed by atoms with van der Waals surface area (Å²) < 4.78 is 6.40. The van der Waals surface area contributed by atoms with Crippen LogP contribution >= 0.6 is 11.8 Å². The van der Waals surface area contributed by atoms with Crippen LogP contribution in [0.15, 0.2) is 11.4 Å². The van der Waals surface area contributed by atoms with Crippen molar-refractivity contribution in [1.82, 2.24) is 25.1 Å². The molecule has 0 spiro atoms. The highest BCUT2D eigenvalue weighted by atomic mass is 32.2. The van der Waals surface area contributed by atoms with E-state index in [2.05, 4.69) is 34.3 Å². The van der Waals surface area contributed by atoms with E-state index in [0.29, 0.717) is 17.8 Å². The fourth-order valence-electron chi connectivity index (χ4n) is 4.54. The van der Waals surface area contributed by atoms with Gasteiger partial charge in [0.2, 0.25) is 5.88 Å². The first-order valence-corrected chi connectivity index (χ1v) is 10.8. The lowest BCUT2D eigenvalue weighted by Gasteiger charge is -2.35. The number of likely N-dealkylation sites (tertiary alicyclic amines) is 1. The van der Waals surface area contributed by atoms with Crippen LogP contribution in [0.5, 0.6) is 5.88 Å². The van der Waals surface area contributed by atoms with E-state index in [4.69, 9.17) is 4.74 Å². The van der Waals surface area contributed by atoms with E-state index >= 15 is 0 Å². The quantitative estimate of drug-likeness (QED) is 0.798. The number of thioether (sulfide) groups is 1. The van der Waals surface area contributed by atoms with Gasteiger partial charge in [0.15, 0.2) is 0 Å². The third-order valence-electron chi connectivity index (χ3n) is 6.15. The number of urea groups is 1. The minimum Gasteiger partial charge on any atom is -0.474 e. The lowest BCUT2D eigenvalue weighted by Crippen LogP contribution is -2.46. The third-order valence-corrected chi connectivity index (χ3v) is 7.56. The Kier molecular flexibility index (Phi) is 5.45. The number of aromatic nitrogens is 2. The molecule has 2 unspecified atom stereocenters. The fraction of sp³-hybridized carbons (Fsp3) is 0.737. The first-order valence-electron chi connectivity index (χ1n) is 9.88. The molecule has 1 saturated heterocycles. The largest absolute Gasteiger partial charge is 0.474 e. The Morgan fingerprint density at radius 3 is 2.74 bits per heavy atom. The zero-order valence-electron chi connectivity index (χ0n) is 16.4. The highest BCUT2D eigenvalue weighted by Gasteiger charge is 2.42. The Labute approximate surface area is 165 Å². The van der Waals surface area contributed by atoms with E-state index in [1.807, 2.05) is 16.7 Å². The first-order chi connectivity index (χ1) is 13.1. The van der Waals surface area contributed by atoms with E-state index in [-0.39, 0.29) is 18.1 Å². The summed E-state index contributed by atoms with van der Waals surface area (Å²) in [5.41, 5.74) is 1.12. The second kappa shape index (κ2) is 7.83. The summed E-state index contributed by atoms with van der Waals surface area (Å²) >= 11 is 1.83. The monoisotopic (exact) mass is 391 g/mol. The molecule has 0 aromatic carbocycles. The number of hydrogen-bond donors (Lipinski definition) is 1. The van der Waals surface area contributed by atoms with Gasteiger partial charge >= 0.3 is 6.03 Å². The van der Waals surface area contributed by atoms with Crippen molar-refractivity contribution in [3.05, 3.63) is 11.9 Å². The minimum absolute atomic E-state index is 0.00627. The molecular formula is C19H29N5O2S. The van der Waals surface area contributed by atoms with E-state index < -0.39 is 0 Å². The summed E-state index contributed by atoms with van der Waals surface area (Å²) in [7, 11) is 6.00. The van der Waals surface area contributed by atoms with Crippen LogP contribution in [0.1, 0.15) is 43.6 Å². The Hall–Kier alpha value is -1.54. The number of hydrogen-bond acceptors (Lipinski definition) is 6. The summed E-state index contributed by atoms with van der Waals surface area (Å²) in [6, 6.07) is 0.647. The van der Waals surface area contributed by atoms with Gasteiger partial charge in [0.1, 0.15) is 17.5 Å². The number of amides is 2. The van der Waals surface area contributed by atoms with Crippen molar-refractivity contribution in [1.29, 1.82) is 0 Å². The maximum atomic E-state index is 12.1. The summed E-state index contributed by atoms with van der Waals surface area (Å²) in [6.07, 6.45) is 7.28. The molecule has 148 valence electrons. The number of ether oxygens (including phenoxy) is 1. The molecular weight excluding hydrogens is 362 g/mol. The number of carbonyl (C=O) groups excluding carboxylic acids is 1. The molecule has 27 heavy (non-hydrogen) atoms.